The van der Waals surface area contributed by atoms with Crippen molar-refractivity contribution in [2.24, 2.45) is 5.92 Å². The fraction of sp³-hybridized carbons (Fsp3) is 0.158. The molecule has 2 aromatic heterocycles. The number of ketones is 2. The lowest BCUT2D eigenvalue weighted by Crippen LogP contribution is -2.23. The second-order valence-corrected chi connectivity index (χ2v) is 5.59. The number of nitriles is 1. The number of rotatable bonds is 5. The minimum Gasteiger partial charge on any atom is -0.469 e. The number of hydrogen-bond acceptors (Lipinski definition) is 5. The van der Waals surface area contributed by atoms with E-state index < -0.39 is 17.5 Å². The largest absolute Gasteiger partial charge is 0.469 e. The number of para-hydroxylation sites is 1. The van der Waals surface area contributed by atoms with Gasteiger partial charge in [-0.1, -0.05) is 18.2 Å². The molecule has 0 saturated carbocycles. The van der Waals surface area contributed by atoms with Gasteiger partial charge < -0.3 is 4.42 Å². The first-order valence-electron chi connectivity index (χ1n) is 7.66. The van der Waals surface area contributed by atoms with Gasteiger partial charge in [0, 0.05) is 6.20 Å². The Morgan fingerprint density at radius 1 is 1.12 bits per heavy atom. The third kappa shape index (κ3) is 3.00. The van der Waals surface area contributed by atoms with Crippen molar-refractivity contribution in [3.8, 4) is 11.8 Å². The van der Waals surface area contributed by atoms with Crippen molar-refractivity contribution in [3.63, 3.8) is 0 Å². The second kappa shape index (κ2) is 6.57. The molecule has 0 amide bonds. The van der Waals surface area contributed by atoms with Crippen molar-refractivity contribution in [2.75, 3.05) is 0 Å². The Morgan fingerprint density at radius 3 is 2.40 bits per heavy atom. The summed E-state index contributed by atoms with van der Waals surface area (Å²) in [5, 5.41) is 13.7. The molecule has 1 aromatic carbocycles. The fourth-order valence-corrected chi connectivity index (χ4v) is 2.60. The molecule has 0 unspecified atom stereocenters. The number of carbonyl (C=O) groups excluding carboxylic acids is 2. The molecule has 0 bridgehead atoms. The van der Waals surface area contributed by atoms with E-state index >= 15 is 0 Å². The van der Waals surface area contributed by atoms with E-state index in [1.165, 1.54) is 12.3 Å². The second-order valence-electron chi connectivity index (χ2n) is 5.59. The van der Waals surface area contributed by atoms with Crippen LogP contribution >= 0.6 is 0 Å². The van der Waals surface area contributed by atoms with Crippen LogP contribution in [0.5, 0.6) is 0 Å². The van der Waals surface area contributed by atoms with Crippen LogP contribution in [-0.4, -0.2) is 21.3 Å². The van der Waals surface area contributed by atoms with Crippen LogP contribution in [0, 0.1) is 31.1 Å². The van der Waals surface area contributed by atoms with E-state index in [4.69, 9.17) is 4.42 Å². The van der Waals surface area contributed by atoms with E-state index in [9.17, 15) is 14.9 Å². The Hall–Kier alpha value is -3.46. The molecule has 2 heterocycles. The normalized spacial score (nSPS) is 11.7. The van der Waals surface area contributed by atoms with Crippen LogP contribution in [0.2, 0.25) is 0 Å². The SMILES string of the molecule is Cc1nn(-c2ccccc2)cc1C(=O)[C@@H](C#N)C(=O)c1ccoc1C. The van der Waals surface area contributed by atoms with E-state index in [-0.39, 0.29) is 11.1 Å². The Labute approximate surface area is 144 Å². The fourth-order valence-electron chi connectivity index (χ4n) is 2.60. The van der Waals surface area contributed by atoms with Gasteiger partial charge in [-0.05, 0) is 32.0 Å². The van der Waals surface area contributed by atoms with Gasteiger partial charge in [-0.25, -0.2) is 4.68 Å². The molecule has 1 atom stereocenters. The van der Waals surface area contributed by atoms with Crippen molar-refractivity contribution in [1.82, 2.24) is 9.78 Å². The molecular weight excluding hydrogens is 318 g/mol. The number of aromatic nitrogens is 2. The molecule has 3 rings (SSSR count). The maximum atomic E-state index is 12.8. The Balaban J connectivity index is 1.95. The number of hydrogen-bond donors (Lipinski definition) is 0. The van der Waals surface area contributed by atoms with Crippen LogP contribution in [-0.2, 0) is 0 Å². The molecule has 0 N–H and O–H groups in total. The standard InChI is InChI=1S/C19H15N3O3/c1-12-17(11-22(21-12)14-6-4-3-5-7-14)19(24)16(10-20)18(23)15-8-9-25-13(15)2/h3-9,11,16H,1-2H3/t16-/m0/s1. The zero-order valence-electron chi connectivity index (χ0n) is 13.8. The van der Waals surface area contributed by atoms with Crippen LogP contribution in [0.25, 0.3) is 5.69 Å². The predicted molar refractivity (Wildman–Crippen MR) is 89.5 cm³/mol. The van der Waals surface area contributed by atoms with Crippen LogP contribution < -0.4 is 0 Å². The zero-order chi connectivity index (χ0) is 18.0. The van der Waals surface area contributed by atoms with Gasteiger partial charge >= 0.3 is 0 Å². The van der Waals surface area contributed by atoms with E-state index in [2.05, 4.69) is 5.10 Å². The highest BCUT2D eigenvalue weighted by Gasteiger charge is 2.32. The maximum Gasteiger partial charge on any atom is 0.191 e. The maximum absolute atomic E-state index is 12.8. The van der Waals surface area contributed by atoms with Crippen LogP contribution in [0.3, 0.4) is 0 Å². The van der Waals surface area contributed by atoms with Gasteiger partial charge in [0.25, 0.3) is 0 Å². The number of nitrogens with zero attached hydrogens (tertiary/aromatic N) is 3. The van der Waals surface area contributed by atoms with Crippen molar-refractivity contribution in [3.05, 3.63) is 71.4 Å². The van der Waals surface area contributed by atoms with E-state index in [0.29, 0.717) is 11.5 Å². The zero-order valence-corrected chi connectivity index (χ0v) is 13.8. The van der Waals surface area contributed by atoms with Gasteiger partial charge in [-0.3, -0.25) is 9.59 Å². The Kier molecular flexibility index (Phi) is 4.31. The number of aryl methyl sites for hydroxylation is 2. The summed E-state index contributed by atoms with van der Waals surface area (Å²) in [6.07, 6.45) is 2.91. The number of furan rings is 1. The number of carbonyl (C=O) groups is 2. The predicted octanol–water partition coefficient (Wildman–Crippen LogP) is 3.29. The molecule has 3 aromatic rings. The summed E-state index contributed by atoms with van der Waals surface area (Å²) >= 11 is 0. The minimum absolute atomic E-state index is 0.244. The number of benzene rings is 1. The first-order chi connectivity index (χ1) is 12.0. The molecule has 25 heavy (non-hydrogen) atoms. The smallest absolute Gasteiger partial charge is 0.191 e. The lowest BCUT2D eigenvalue weighted by molar-refractivity contribution is 0.0845. The lowest BCUT2D eigenvalue weighted by Gasteiger charge is -2.05. The summed E-state index contributed by atoms with van der Waals surface area (Å²) in [4.78, 5) is 25.3. The van der Waals surface area contributed by atoms with Crippen LogP contribution in [0.15, 0.2) is 53.3 Å². The third-order valence-electron chi connectivity index (χ3n) is 3.96. The molecule has 124 valence electrons. The minimum atomic E-state index is -1.43. The topological polar surface area (TPSA) is 88.9 Å². The van der Waals surface area contributed by atoms with Gasteiger partial charge in [0.05, 0.1) is 34.8 Å². The van der Waals surface area contributed by atoms with Crippen LogP contribution in [0.1, 0.15) is 32.2 Å². The quantitative estimate of drug-likeness (QED) is 0.528. The molecular formula is C19H15N3O3. The van der Waals surface area contributed by atoms with Crippen molar-refractivity contribution in [2.45, 2.75) is 13.8 Å². The summed E-state index contributed by atoms with van der Waals surface area (Å²) in [5.41, 5.74) is 1.75. The van der Waals surface area contributed by atoms with E-state index in [0.717, 1.165) is 5.69 Å². The van der Waals surface area contributed by atoms with Gasteiger partial charge in [-0.2, -0.15) is 10.4 Å². The monoisotopic (exact) mass is 333 g/mol. The van der Waals surface area contributed by atoms with Crippen molar-refractivity contribution < 1.29 is 14.0 Å². The number of Topliss-reactive ketones (excluding diaryl/α,β-unsaturated/α-hetero) is 2. The summed E-state index contributed by atoms with van der Waals surface area (Å²) in [6.45, 7) is 3.29. The molecule has 0 aliphatic rings. The first-order valence-corrected chi connectivity index (χ1v) is 7.66. The highest BCUT2D eigenvalue weighted by molar-refractivity contribution is 6.18. The van der Waals surface area contributed by atoms with Gasteiger partial charge in [-0.15, -0.1) is 0 Å². The highest BCUT2D eigenvalue weighted by Crippen LogP contribution is 2.20. The summed E-state index contributed by atoms with van der Waals surface area (Å²) in [5.74, 6) is -2.17. The molecule has 0 radical (unpaired) electrons. The average Bonchev–Trinajstić information content (AvgIpc) is 3.22. The molecule has 6 nitrogen and oxygen atoms in total. The van der Waals surface area contributed by atoms with Gasteiger partial charge in [0.15, 0.2) is 17.5 Å². The summed E-state index contributed by atoms with van der Waals surface area (Å²) < 4.78 is 6.65. The van der Waals surface area contributed by atoms with E-state index in [1.54, 1.807) is 24.7 Å². The summed E-state index contributed by atoms with van der Waals surface area (Å²) in [7, 11) is 0. The van der Waals surface area contributed by atoms with Crippen molar-refractivity contribution >= 4 is 11.6 Å². The Bertz CT molecular complexity index is 977. The van der Waals surface area contributed by atoms with E-state index in [1.807, 2.05) is 36.4 Å². The molecule has 0 spiro atoms. The van der Waals surface area contributed by atoms with Gasteiger partial charge in [0.1, 0.15) is 5.76 Å². The molecule has 0 saturated heterocycles. The molecule has 0 fully saturated rings. The lowest BCUT2D eigenvalue weighted by atomic mass is 9.91. The third-order valence-corrected chi connectivity index (χ3v) is 3.96. The molecule has 0 aliphatic heterocycles. The van der Waals surface area contributed by atoms with Crippen molar-refractivity contribution in [1.29, 1.82) is 5.26 Å². The van der Waals surface area contributed by atoms with Crippen LogP contribution in [0.4, 0.5) is 0 Å². The molecule has 0 aliphatic carbocycles. The first kappa shape index (κ1) is 16.4. The Morgan fingerprint density at radius 2 is 1.80 bits per heavy atom. The summed E-state index contributed by atoms with van der Waals surface area (Å²) in [6, 6.07) is 12.6. The highest BCUT2D eigenvalue weighted by atomic mass is 16.3. The molecule has 6 heteroatoms. The van der Waals surface area contributed by atoms with Gasteiger partial charge in [0.2, 0.25) is 0 Å². The average molecular weight is 333 g/mol.